The minimum absolute atomic E-state index is 0.163. The van der Waals surface area contributed by atoms with E-state index in [1.807, 2.05) is 13.8 Å². The topological polar surface area (TPSA) is 38.2 Å². The van der Waals surface area contributed by atoms with Gasteiger partial charge in [0, 0.05) is 48.4 Å². The van der Waals surface area contributed by atoms with E-state index in [1.165, 1.54) is 10.4 Å². The average molecular weight is 414 g/mol. The van der Waals surface area contributed by atoms with Gasteiger partial charge in [0.15, 0.2) is 0 Å². The maximum absolute atomic E-state index is 6.31. The lowest BCUT2D eigenvalue weighted by atomic mass is 9.79. The largest absolute Gasteiger partial charge is 0.370 e. The van der Waals surface area contributed by atoms with Gasteiger partial charge in [-0.1, -0.05) is 25.4 Å². The molecular weight excluding hydrogens is 389 g/mol. The van der Waals surface area contributed by atoms with Crippen LogP contribution in [-0.4, -0.2) is 34.1 Å². The number of nitrogens with zero attached hydrogens (tertiary/aromatic N) is 3. The molecule has 0 N–H and O–H groups in total. The number of likely N-dealkylation sites (tertiary alicyclic amines) is 1. The van der Waals surface area contributed by atoms with Gasteiger partial charge in [0.1, 0.15) is 0 Å². The van der Waals surface area contributed by atoms with Crippen LogP contribution in [0, 0.1) is 0 Å². The number of ether oxygens (including phenoxy) is 1. The second kappa shape index (κ2) is 8.53. The van der Waals surface area contributed by atoms with Crippen LogP contribution < -0.4 is 0 Å². The van der Waals surface area contributed by atoms with Crippen LogP contribution in [0.3, 0.4) is 0 Å². The van der Waals surface area contributed by atoms with Crippen molar-refractivity contribution in [1.82, 2.24) is 14.9 Å². The minimum Gasteiger partial charge on any atom is -0.370 e. The van der Waals surface area contributed by atoms with E-state index in [0.717, 1.165) is 48.9 Å². The van der Waals surface area contributed by atoms with Crippen LogP contribution in [0.5, 0.6) is 0 Å². The second-order valence-corrected chi connectivity index (χ2v) is 8.72. The van der Waals surface area contributed by atoms with Crippen LogP contribution in [-0.2, 0) is 23.3 Å². The first-order chi connectivity index (χ1) is 12.6. The summed E-state index contributed by atoms with van der Waals surface area (Å²) in [5.74, 6) is 0. The molecule has 142 valence electrons. The van der Waals surface area contributed by atoms with Gasteiger partial charge in [-0.3, -0.25) is 4.90 Å². The highest BCUT2D eigenvalue weighted by molar-refractivity contribution is 7.16. The number of aromatic nitrogens is 2. The van der Waals surface area contributed by atoms with Crippen molar-refractivity contribution < 1.29 is 4.74 Å². The predicted octanol–water partition coefficient (Wildman–Crippen LogP) is 5.32. The monoisotopic (exact) mass is 413 g/mol. The van der Waals surface area contributed by atoms with Crippen LogP contribution >= 0.6 is 34.5 Å². The Hall–Kier alpha value is -0.720. The van der Waals surface area contributed by atoms with Crippen molar-refractivity contribution in [3.63, 3.8) is 0 Å². The van der Waals surface area contributed by atoms with Crippen LogP contribution in [0.2, 0.25) is 9.62 Å². The summed E-state index contributed by atoms with van der Waals surface area (Å²) in [5.41, 5.74) is 2.25. The molecule has 0 amide bonds. The van der Waals surface area contributed by atoms with E-state index in [9.17, 15) is 0 Å². The summed E-state index contributed by atoms with van der Waals surface area (Å²) in [6, 6.07) is 2.54. The fourth-order valence-corrected chi connectivity index (χ4v) is 5.34. The zero-order valence-corrected chi connectivity index (χ0v) is 17.8. The van der Waals surface area contributed by atoms with Gasteiger partial charge in [-0.2, -0.15) is 0 Å². The second-order valence-electron chi connectivity index (χ2n) is 6.61. The van der Waals surface area contributed by atoms with Crippen molar-refractivity contribution in [3.8, 4) is 0 Å². The van der Waals surface area contributed by atoms with Gasteiger partial charge in [0.25, 0.3) is 0 Å². The first kappa shape index (κ1) is 20.0. The average Bonchev–Trinajstić information content (AvgIpc) is 3.03. The Morgan fingerprint density at radius 2 is 2.04 bits per heavy atom. The lowest BCUT2D eigenvalue weighted by molar-refractivity contribution is -0.112. The third kappa shape index (κ3) is 4.07. The molecule has 1 unspecified atom stereocenters. The fraction of sp³-hybridized carbons (Fsp3) is 0.579. The number of hydrogen-bond donors (Lipinski definition) is 0. The highest BCUT2D eigenvalue weighted by atomic mass is 35.5. The summed E-state index contributed by atoms with van der Waals surface area (Å²) in [6.45, 7) is 8.88. The summed E-state index contributed by atoms with van der Waals surface area (Å²) in [6.07, 6.45) is 6.57. The van der Waals surface area contributed by atoms with Crippen LogP contribution in [0.4, 0.5) is 0 Å². The normalized spacial score (nSPS) is 25.5. The van der Waals surface area contributed by atoms with E-state index in [-0.39, 0.29) is 5.60 Å². The quantitative estimate of drug-likeness (QED) is 0.623. The Kier molecular flexibility index (Phi) is 6.57. The smallest absolute Gasteiger partial charge is 0.222 e. The van der Waals surface area contributed by atoms with Gasteiger partial charge in [0.2, 0.25) is 5.28 Å². The summed E-state index contributed by atoms with van der Waals surface area (Å²) in [5, 5.41) is 0.293. The zero-order valence-electron chi connectivity index (χ0n) is 15.5. The van der Waals surface area contributed by atoms with Gasteiger partial charge in [0.05, 0.1) is 16.5 Å². The third-order valence-electron chi connectivity index (χ3n) is 5.09. The van der Waals surface area contributed by atoms with Crippen LogP contribution in [0.1, 0.15) is 49.6 Å². The molecule has 0 radical (unpaired) electrons. The van der Waals surface area contributed by atoms with E-state index in [4.69, 9.17) is 27.9 Å². The molecule has 2 atom stereocenters. The summed E-state index contributed by atoms with van der Waals surface area (Å²) >= 11 is 13.7. The van der Waals surface area contributed by atoms with Crippen molar-refractivity contribution in [2.75, 3.05) is 13.2 Å². The molecule has 1 fully saturated rings. The standard InChI is InChI=1S/C17H19Cl2N3OS.C2H6/c1-11-7-17(13-6-15(18)24-14(13)2-5-23-17)3-4-22(11)10-12-8-20-16(19)21-9-12;1-2/h6,8-9,11H,2-5,7,10H2,1H3;1-2H3/t11-,17?;/m0./s1. The van der Waals surface area contributed by atoms with Crippen LogP contribution in [0.15, 0.2) is 18.5 Å². The first-order valence-electron chi connectivity index (χ1n) is 9.19. The van der Waals surface area contributed by atoms with E-state index in [0.29, 0.717) is 11.3 Å². The number of piperidine rings is 1. The Morgan fingerprint density at radius 1 is 1.31 bits per heavy atom. The Balaban J connectivity index is 0.000000948. The van der Waals surface area contributed by atoms with Crippen molar-refractivity contribution in [1.29, 1.82) is 0 Å². The molecule has 0 saturated carbocycles. The molecule has 1 saturated heterocycles. The maximum atomic E-state index is 6.31. The van der Waals surface area contributed by atoms with E-state index < -0.39 is 0 Å². The predicted molar refractivity (Wildman–Crippen MR) is 108 cm³/mol. The highest BCUT2D eigenvalue weighted by Crippen LogP contribution is 2.47. The molecule has 2 aromatic rings. The first-order valence-corrected chi connectivity index (χ1v) is 10.8. The minimum atomic E-state index is -0.163. The van der Waals surface area contributed by atoms with Gasteiger partial charge in [-0.05, 0) is 43.0 Å². The molecule has 7 heteroatoms. The molecule has 2 aromatic heterocycles. The molecule has 4 heterocycles. The highest BCUT2D eigenvalue weighted by Gasteiger charge is 2.44. The summed E-state index contributed by atoms with van der Waals surface area (Å²) in [7, 11) is 0. The molecule has 2 aliphatic rings. The molecule has 0 bridgehead atoms. The molecule has 1 spiro atoms. The van der Waals surface area contributed by atoms with Gasteiger partial charge in [-0.25, -0.2) is 9.97 Å². The van der Waals surface area contributed by atoms with Crippen molar-refractivity contribution in [3.05, 3.63) is 44.1 Å². The molecule has 0 aromatic carbocycles. The van der Waals surface area contributed by atoms with Crippen molar-refractivity contribution in [2.45, 2.75) is 58.2 Å². The summed E-state index contributed by atoms with van der Waals surface area (Å²) < 4.78 is 7.18. The van der Waals surface area contributed by atoms with Crippen LogP contribution in [0.25, 0.3) is 0 Å². The Labute approximate surface area is 169 Å². The SMILES string of the molecule is CC.C[C@H]1CC2(CCN1Cc1cnc(Cl)nc1)OCCc1sc(Cl)cc12. The number of rotatable bonds is 2. The lowest BCUT2D eigenvalue weighted by Gasteiger charge is -2.47. The van der Waals surface area contributed by atoms with Crippen molar-refractivity contribution >= 4 is 34.5 Å². The van der Waals surface area contributed by atoms with Gasteiger partial charge < -0.3 is 4.74 Å². The van der Waals surface area contributed by atoms with E-state index in [2.05, 4.69) is 27.9 Å². The van der Waals surface area contributed by atoms with Gasteiger partial charge >= 0.3 is 0 Å². The van der Waals surface area contributed by atoms with E-state index in [1.54, 1.807) is 23.7 Å². The number of fused-ring (bicyclic) bond motifs is 2. The number of hydrogen-bond acceptors (Lipinski definition) is 5. The maximum Gasteiger partial charge on any atom is 0.222 e. The van der Waals surface area contributed by atoms with Gasteiger partial charge in [-0.15, -0.1) is 11.3 Å². The Morgan fingerprint density at radius 3 is 2.73 bits per heavy atom. The lowest BCUT2D eigenvalue weighted by Crippen LogP contribution is -2.50. The molecular formula is C19H25Cl2N3OS. The zero-order chi connectivity index (χ0) is 18.7. The number of thiophene rings is 1. The molecule has 2 aliphatic heterocycles. The fourth-order valence-electron chi connectivity index (χ4n) is 3.90. The van der Waals surface area contributed by atoms with E-state index >= 15 is 0 Å². The third-order valence-corrected chi connectivity index (χ3v) is 6.61. The summed E-state index contributed by atoms with van der Waals surface area (Å²) in [4.78, 5) is 12.0. The molecule has 4 rings (SSSR count). The molecule has 26 heavy (non-hydrogen) atoms. The molecule has 0 aliphatic carbocycles. The van der Waals surface area contributed by atoms with Crippen molar-refractivity contribution in [2.24, 2.45) is 0 Å². The number of halogens is 2. The Bertz CT molecular complexity index is 737. The molecule has 4 nitrogen and oxygen atoms in total.